The van der Waals surface area contributed by atoms with Crippen LogP contribution in [0, 0.1) is 11.3 Å². The number of hydrogen-bond donors (Lipinski definition) is 1. The summed E-state index contributed by atoms with van der Waals surface area (Å²) in [5.74, 6) is -2.07. The number of amides is 1. The van der Waals surface area contributed by atoms with Crippen molar-refractivity contribution in [3.8, 4) is 6.07 Å². The Morgan fingerprint density at radius 3 is 2.42 bits per heavy atom. The maximum Gasteiger partial charge on any atom is 0.471 e. The molecule has 1 N–H and O–H groups in total. The zero-order valence-electron chi connectivity index (χ0n) is 6.27. The highest BCUT2D eigenvalue weighted by atomic mass is 19.4. The summed E-state index contributed by atoms with van der Waals surface area (Å²) in [6, 6.07) is 0.453. The number of nitriles is 1. The molecule has 0 heterocycles. The third-order valence-electron chi connectivity index (χ3n) is 1.13. The van der Waals surface area contributed by atoms with Crippen LogP contribution in [0.2, 0.25) is 0 Å². The van der Waals surface area contributed by atoms with Gasteiger partial charge in [0.15, 0.2) is 0 Å². The fourth-order valence-corrected chi connectivity index (χ4v) is 0.466. The summed E-state index contributed by atoms with van der Waals surface area (Å²) in [5.41, 5.74) is 0. The van der Waals surface area contributed by atoms with E-state index in [9.17, 15) is 18.0 Å². The summed E-state index contributed by atoms with van der Waals surface area (Å²) in [6.07, 6.45) is -4.76. The lowest BCUT2D eigenvalue weighted by Gasteiger charge is -2.10. The van der Waals surface area contributed by atoms with Gasteiger partial charge in [0.25, 0.3) is 0 Å². The Balaban J connectivity index is 4.11. The van der Waals surface area contributed by atoms with E-state index in [0.29, 0.717) is 0 Å². The van der Waals surface area contributed by atoms with E-state index in [1.807, 2.05) is 0 Å². The van der Waals surface area contributed by atoms with Gasteiger partial charge in [-0.25, -0.2) is 0 Å². The minimum atomic E-state index is -4.91. The van der Waals surface area contributed by atoms with Crippen molar-refractivity contribution in [3.63, 3.8) is 0 Å². The molecule has 0 saturated carbocycles. The molecule has 0 bridgehead atoms. The molecule has 0 aromatic heterocycles. The van der Waals surface area contributed by atoms with Crippen LogP contribution in [0.5, 0.6) is 0 Å². The van der Waals surface area contributed by atoms with Gasteiger partial charge in [0.2, 0.25) is 0 Å². The fraction of sp³-hybridized carbons (Fsp3) is 0.667. The monoisotopic (exact) mass is 180 g/mol. The van der Waals surface area contributed by atoms with Crippen molar-refractivity contribution in [2.45, 2.75) is 25.6 Å². The summed E-state index contributed by atoms with van der Waals surface area (Å²) in [5, 5.41) is 9.74. The number of carbonyl (C=O) groups is 1. The molecule has 12 heavy (non-hydrogen) atoms. The molecular formula is C6H7F3N2O. The van der Waals surface area contributed by atoms with Gasteiger partial charge in [-0.05, 0) is 6.42 Å². The van der Waals surface area contributed by atoms with Crippen LogP contribution >= 0.6 is 0 Å². The van der Waals surface area contributed by atoms with Gasteiger partial charge in [-0.1, -0.05) is 6.92 Å². The first-order chi connectivity index (χ1) is 5.41. The number of nitrogens with one attached hydrogen (secondary N) is 1. The molecule has 0 aromatic rings. The number of hydrogen-bond acceptors (Lipinski definition) is 2. The molecule has 1 atom stereocenters. The van der Waals surface area contributed by atoms with E-state index in [1.54, 1.807) is 0 Å². The van der Waals surface area contributed by atoms with Gasteiger partial charge in [0.1, 0.15) is 6.04 Å². The maximum atomic E-state index is 11.6. The molecule has 0 fully saturated rings. The lowest BCUT2D eigenvalue weighted by atomic mass is 10.2. The van der Waals surface area contributed by atoms with Crippen LogP contribution < -0.4 is 5.32 Å². The molecule has 3 nitrogen and oxygen atoms in total. The molecule has 0 unspecified atom stereocenters. The van der Waals surface area contributed by atoms with E-state index in [4.69, 9.17) is 5.26 Å². The van der Waals surface area contributed by atoms with E-state index in [0.717, 1.165) is 0 Å². The number of carbonyl (C=O) groups excluding carboxylic acids is 1. The number of nitrogens with zero attached hydrogens (tertiary/aromatic N) is 1. The highest BCUT2D eigenvalue weighted by Gasteiger charge is 2.39. The van der Waals surface area contributed by atoms with Gasteiger partial charge in [-0.15, -0.1) is 0 Å². The Kier molecular flexibility index (Phi) is 3.54. The van der Waals surface area contributed by atoms with Crippen LogP contribution in [-0.4, -0.2) is 18.1 Å². The average molecular weight is 180 g/mol. The molecule has 6 heteroatoms. The minimum Gasteiger partial charge on any atom is -0.333 e. The summed E-state index contributed by atoms with van der Waals surface area (Å²) >= 11 is 0. The topological polar surface area (TPSA) is 52.9 Å². The van der Waals surface area contributed by atoms with Crippen molar-refractivity contribution in [2.24, 2.45) is 0 Å². The molecule has 0 saturated heterocycles. The van der Waals surface area contributed by atoms with Gasteiger partial charge in [-0.3, -0.25) is 4.79 Å². The number of rotatable bonds is 2. The van der Waals surface area contributed by atoms with Gasteiger partial charge in [-0.2, -0.15) is 18.4 Å². The van der Waals surface area contributed by atoms with Crippen molar-refractivity contribution in [1.29, 1.82) is 5.26 Å². The summed E-state index contributed by atoms with van der Waals surface area (Å²) in [7, 11) is 0. The van der Waals surface area contributed by atoms with Crippen molar-refractivity contribution in [1.82, 2.24) is 5.32 Å². The SMILES string of the molecule is CC[C@@H](C#N)NC(=O)C(F)(F)F. The van der Waals surface area contributed by atoms with E-state index >= 15 is 0 Å². The standard InChI is InChI=1S/C6H7F3N2O/c1-2-4(3-10)11-5(12)6(7,8)9/h4H,2H2,1H3,(H,11,12)/t4-/m0/s1. The van der Waals surface area contributed by atoms with Crippen LogP contribution in [0.15, 0.2) is 0 Å². The third kappa shape index (κ3) is 3.23. The van der Waals surface area contributed by atoms with E-state index in [1.165, 1.54) is 18.3 Å². The molecule has 0 rings (SSSR count). The predicted octanol–water partition coefficient (Wildman–Crippen LogP) is 0.967. The smallest absolute Gasteiger partial charge is 0.333 e. The van der Waals surface area contributed by atoms with Crippen LogP contribution in [0.3, 0.4) is 0 Å². The zero-order chi connectivity index (χ0) is 9.78. The Morgan fingerprint density at radius 1 is 1.67 bits per heavy atom. The predicted molar refractivity (Wildman–Crippen MR) is 33.9 cm³/mol. The second kappa shape index (κ2) is 3.95. The summed E-state index contributed by atoms with van der Waals surface area (Å²) < 4.78 is 34.7. The Labute approximate surface area is 67.2 Å². The fourth-order valence-electron chi connectivity index (χ4n) is 0.466. The van der Waals surface area contributed by atoms with Crippen molar-refractivity contribution >= 4 is 5.91 Å². The number of alkyl halides is 3. The first-order valence-corrected chi connectivity index (χ1v) is 3.19. The molecule has 0 radical (unpaired) electrons. The van der Waals surface area contributed by atoms with Crippen molar-refractivity contribution in [3.05, 3.63) is 0 Å². The van der Waals surface area contributed by atoms with Crippen molar-refractivity contribution < 1.29 is 18.0 Å². The van der Waals surface area contributed by atoms with Gasteiger partial charge in [0.05, 0.1) is 6.07 Å². The van der Waals surface area contributed by atoms with Gasteiger partial charge >= 0.3 is 12.1 Å². The second-order valence-corrected chi connectivity index (χ2v) is 2.06. The zero-order valence-corrected chi connectivity index (χ0v) is 6.27. The summed E-state index contributed by atoms with van der Waals surface area (Å²) in [6.45, 7) is 1.50. The van der Waals surface area contributed by atoms with E-state index in [2.05, 4.69) is 0 Å². The van der Waals surface area contributed by atoms with Crippen LogP contribution in [0.4, 0.5) is 13.2 Å². The van der Waals surface area contributed by atoms with Crippen LogP contribution in [-0.2, 0) is 4.79 Å². The highest BCUT2D eigenvalue weighted by Crippen LogP contribution is 2.14. The largest absolute Gasteiger partial charge is 0.471 e. The average Bonchev–Trinajstić information content (AvgIpc) is 1.97. The first-order valence-electron chi connectivity index (χ1n) is 3.19. The lowest BCUT2D eigenvalue weighted by molar-refractivity contribution is -0.174. The minimum absolute atomic E-state index is 0.151. The Hall–Kier alpha value is -1.25. The molecule has 0 aromatic carbocycles. The normalized spacial score (nSPS) is 13.2. The van der Waals surface area contributed by atoms with Crippen molar-refractivity contribution in [2.75, 3.05) is 0 Å². The maximum absolute atomic E-state index is 11.6. The third-order valence-corrected chi connectivity index (χ3v) is 1.13. The van der Waals surface area contributed by atoms with E-state index < -0.39 is 18.1 Å². The van der Waals surface area contributed by atoms with E-state index in [-0.39, 0.29) is 6.42 Å². The first kappa shape index (κ1) is 10.8. The molecule has 0 spiro atoms. The molecule has 68 valence electrons. The Morgan fingerprint density at radius 2 is 2.17 bits per heavy atom. The van der Waals surface area contributed by atoms with Crippen LogP contribution in [0.1, 0.15) is 13.3 Å². The molecule has 0 aliphatic rings. The summed E-state index contributed by atoms with van der Waals surface area (Å²) in [4.78, 5) is 10.2. The molecular weight excluding hydrogens is 173 g/mol. The molecule has 0 aliphatic carbocycles. The lowest BCUT2D eigenvalue weighted by Crippen LogP contribution is -2.42. The quantitative estimate of drug-likeness (QED) is 0.688. The van der Waals surface area contributed by atoms with Gasteiger partial charge < -0.3 is 5.32 Å². The Bertz CT molecular complexity index is 206. The molecule has 1 amide bonds. The highest BCUT2D eigenvalue weighted by molar-refractivity contribution is 5.82. The van der Waals surface area contributed by atoms with Gasteiger partial charge in [0, 0.05) is 0 Å². The molecule has 0 aliphatic heterocycles. The van der Waals surface area contributed by atoms with Crippen LogP contribution in [0.25, 0.3) is 0 Å². The number of halogens is 3. The second-order valence-electron chi connectivity index (χ2n) is 2.06.